The molecule has 18 heavy (non-hydrogen) atoms. The molecule has 0 aliphatic carbocycles. The van der Waals surface area contributed by atoms with Crippen molar-refractivity contribution in [2.24, 2.45) is 0 Å². The van der Waals surface area contributed by atoms with Gasteiger partial charge in [0.15, 0.2) is 5.78 Å². The standard InChI is InChI=1S/C13H14BrN3O/c1-3-17-12(15-8-16-17)7-11(18)10-6-4-5-9(2)13(10)14/h4-6,8H,3,7H2,1-2H3. The number of aromatic nitrogens is 3. The molecule has 0 bridgehead atoms. The number of Topliss-reactive ketones (excluding diaryl/α,β-unsaturated/α-hetero) is 1. The molecule has 0 fully saturated rings. The van der Waals surface area contributed by atoms with Gasteiger partial charge in [0, 0.05) is 16.6 Å². The topological polar surface area (TPSA) is 47.8 Å². The van der Waals surface area contributed by atoms with Gasteiger partial charge in [-0.05, 0) is 35.3 Å². The van der Waals surface area contributed by atoms with Gasteiger partial charge in [-0.3, -0.25) is 4.79 Å². The Bertz CT molecular complexity index is 577. The molecule has 0 aliphatic heterocycles. The van der Waals surface area contributed by atoms with E-state index in [1.54, 1.807) is 4.68 Å². The van der Waals surface area contributed by atoms with E-state index >= 15 is 0 Å². The van der Waals surface area contributed by atoms with Crippen LogP contribution in [0, 0.1) is 6.92 Å². The Hall–Kier alpha value is -1.49. The zero-order valence-corrected chi connectivity index (χ0v) is 11.9. The molecule has 0 saturated carbocycles. The maximum Gasteiger partial charge on any atom is 0.171 e. The fraction of sp³-hybridized carbons (Fsp3) is 0.308. The molecule has 1 aromatic carbocycles. The number of nitrogens with zero attached hydrogens (tertiary/aromatic N) is 3. The highest BCUT2D eigenvalue weighted by atomic mass is 79.9. The third-order valence-corrected chi connectivity index (χ3v) is 3.86. The van der Waals surface area contributed by atoms with Gasteiger partial charge in [-0.2, -0.15) is 5.10 Å². The molecule has 0 aliphatic rings. The van der Waals surface area contributed by atoms with E-state index in [1.165, 1.54) is 6.33 Å². The first kappa shape index (κ1) is 13.0. The molecule has 4 nitrogen and oxygen atoms in total. The maximum absolute atomic E-state index is 12.2. The largest absolute Gasteiger partial charge is 0.294 e. The Balaban J connectivity index is 2.25. The molecule has 94 valence electrons. The van der Waals surface area contributed by atoms with Gasteiger partial charge in [0.1, 0.15) is 12.2 Å². The average Bonchev–Trinajstić information content (AvgIpc) is 2.79. The van der Waals surface area contributed by atoms with Crippen LogP contribution in [0.2, 0.25) is 0 Å². The van der Waals surface area contributed by atoms with Crippen LogP contribution in [0.3, 0.4) is 0 Å². The quantitative estimate of drug-likeness (QED) is 0.816. The lowest BCUT2D eigenvalue weighted by Crippen LogP contribution is -2.11. The second kappa shape index (κ2) is 5.44. The average molecular weight is 308 g/mol. The Labute approximate surface area is 114 Å². The second-order valence-electron chi connectivity index (χ2n) is 4.03. The highest BCUT2D eigenvalue weighted by Crippen LogP contribution is 2.22. The van der Waals surface area contributed by atoms with Gasteiger partial charge in [-0.25, -0.2) is 9.67 Å². The van der Waals surface area contributed by atoms with Crippen molar-refractivity contribution in [1.82, 2.24) is 14.8 Å². The summed E-state index contributed by atoms with van der Waals surface area (Å²) in [7, 11) is 0. The fourth-order valence-corrected chi connectivity index (χ4v) is 2.28. The summed E-state index contributed by atoms with van der Waals surface area (Å²) in [6.45, 7) is 4.66. The summed E-state index contributed by atoms with van der Waals surface area (Å²) in [6, 6.07) is 5.68. The number of rotatable bonds is 4. The van der Waals surface area contributed by atoms with Gasteiger partial charge in [0.25, 0.3) is 0 Å². The van der Waals surface area contributed by atoms with Crippen molar-refractivity contribution in [2.75, 3.05) is 0 Å². The molecule has 2 rings (SSSR count). The number of aryl methyl sites for hydroxylation is 2. The molecule has 0 N–H and O–H groups in total. The summed E-state index contributed by atoms with van der Waals surface area (Å²) < 4.78 is 2.60. The van der Waals surface area contributed by atoms with Crippen LogP contribution in [0.25, 0.3) is 0 Å². The Morgan fingerprint density at radius 3 is 2.94 bits per heavy atom. The molecular weight excluding hydrogens is 294 g/mol. The van der Waals surface area contributed by atoms with Crippen molar-refractivity contribution >= 4 is 21.7 Å². The number of carbonyl (C=O) groups is 1. The van der Waals surface area contributed by atoms with Gasteiger partial charge < -0.3 is 0 Å². The summed E-state index contributed by atoms with van der Waals surface area (Å²) in [5, 5.41) is 4.06. The van der Waals surface area contributed by atoms with Crippen LogP contribution < -0.4 is 0 Å². The summed E-state index contributed by atoms with van der Waals surface area (Å²) in [6.07, 6.45) is 1.76. The minimum atomic E-state index is 0.0493. The van der Waals surface area contributed by atoms with Crippen LogP contribution >= 0.6 is 15.9 Å². The third-order valence-electron chi connectivity index (χ3n) is 2.81. The van der Waals surface area contributed by atoms with E-state index in [2.05, 4.69) is 26.0 Å². The van der Waals surface area contributed by atoms with E-state index in [0.717, 1.165) is 16.6 Å². The number of benzene rings is 1. The fourth-order valence-electron chi connectivity index (χ4n) is 1.79. The molecule has 2 aromatic rings. The van der Waals surface area contributed by atoms with E-state index < -0.39 is 0 Å². The Morgan fingerprint density at radius 1 is 1.44 bits per heavy atom. The Morgan fingerprint density at radius 2 is 2.22 bits per heavy atom. The molecule has 1 heterocycles. The number of hydrogen-bond acceptors (Lipinski definition) is 3. The number of halogens is 1. The van der Waals surface area contributed by atoms with Crippen LogP contribution in [0.1, 0.15) is 28.7 Å². The first-order valence-electron chi connectivity index (χ1n) is 5.78. The van der Waals surface area contributed by atoms with Gasteiger partial charge in [0.05, 0.1) is 6.42 Å². The Kier molecular flexibility index (Phi) is 3.91. The van der Waals surface area contributed by atoms with Crippen LogP contribution in [-0.2, 0) is 13.0 Å². The van der Waals surface area contributed by atoms with E-state index in [-0.39, 0.29) is 12.2 Å². The lowest BCUT2D eigenvalue weighted by atomic mass is 10.1. The van der Waals surface area contributed by atoms with E-state index in [1.807, 2.05) is 32.0 Å². The molecular formula is C13H14BrN3O. The minimum Gasteiger partial charge on any atom is -0.294 e. The summed E-state index contributed by atoms with van der Waals surface area (Å²) in [5.74, 6) is 0.754. The maximum atomic E-state index is 12.2. The van der Waals surface area contributed by atoms with Gasteiger partial charge in [-0.15, -0.1) is 0 Å². The monoisotopic (exact) mass is 307 g/mol. The van der Waals surface area contributed by atoms with E-state index in [4.69, 9.17) is 0 Å². The first-order chi connectivity index (χ1) is 8.63. The first-order valence-corrected chi connectivity index (χ1v) is 6.57. The van der Waals surface area contributed by atoms with Crippen molar-refractivity contribution in [1.29, 1.82) is 0 Å². The van der Waals surface area contributed by atoms with Crippen molar-refractivity contribution in [3.8, 4) is 0 Å². The zero-order valence-electron chi connectivity index (χ0n) is 10.4. The van der Waals surface area contributed by atoms with Gasteiger partial charge in [0.2, 0.25) is 0 Å². The van der Waals surface area contributed by atoms with Crippen LogP contribution in [-0.4, -0.2) is 20.5 Å². The normalized spacial score (nSPS) is 10.6. The molecule has 0 amide bonds. The summed E-state index contributed by atoms with van der Waals surface area (Å²) in [5.41, 5.74) is 1.75. The molecule has 0 atom stereocenters. The van der Waals surface area contributed by atoms with Crippen molar-refractivity contribution < 1.29 is 4.79 Å². The molecule has 1 aromatic heterocycles. The smallest absolute Gasteiger partial charge is 0.171 e. The SMILES string of the molecule is CCn1ncnc1CC(=O)c1cccc(C)c1Br. The molecule has 0 spiro atoms. The van der Waals surface area contributed by atoms with Crippen molar-refractivity contribution in [3.63, 3.8) is 0 Å². The van der Waals surface area contributed by atoms with Crippen molar-refractivity contribution in [2.45, 2.75) is 26.8 Å². The lowest BCUT2D eigenvalue weighted by Gasteiger charge is -2.06. The predicted octanol–water partition coefficient (Wildman–Crippen LogP) is 2.79. The van der Waals surface area contributed by atoms with E-state index in [0.29, 0.717) is 11.4 Å². The zero-order chi connectivity index (χ0) is 13.1. The summed E-state index contributed by atoms with van der Waals surface area (Å²) in [4.78, 5) is 16.4. The predicted molar refractivity (Wildman–Crippen MR) is 72.6 cm³/mol. The lowest BCUT2D eigenvalue weighted by molar-refractivity contribution is 0.0988. The highest BCUT2D eigenvalue weighted by Gasteiger charge is 2.14. The number of carbonyl (C=O) groups excluding carboxylic acids is 1. The second-order valence-corrected chi connectivity index (χ2v) is 4.82. The van der Waals surface area contributed by atoms with E-state index in [9.17, 15) is 4.79 Å². The van der Waals surface area contributed by atoms with Crippen LogP contribution in [0.5, 0.6) is 0 Å². The van der Waals surface area contributed by atoms with Crippen LogP contribution in [0.4, 0.5) is 0 Å². The summed E-state index contributed by atoms with van der Waals surface area (Å²) >= 11 is 3.46. The molecule has 0 saturated heterocycles. The minimum absolute atomic E-state index is 0.0493. The highest BCUT2D eigenvalue weighted by molar-refractivity contribution is 9.10. The third kappa shape index (κ3) is 2.51. The van der Waals surface area contributed by atoms with Crippen LogP contribution in [0.15, 0.2) is 29.0 Å². The van der Waals surface area contributed by atoms with Gasteiger partial charge in [-0.1, -0.05) is 18.2 Å². The van der Waals surface area contributed by atoms with Crippen molar-refractivity contribution in [3.05, 3.63) is 46.0 Å². The number of ketones is 1. The van der Waals surface area contributed by atoms with Gasteiger partial charge >= 0.3 is 0 Å². The number of hydrogen-bond donors (Lipinski definition) is 0. The molecule has 0 radical (unpaired) electrons. The molecule has 5 heteroatoms. The molecule has 0 unspecified atom stereocenters.